The van der Waals surface area contributed by atoms with E-state index in [-0.39, 0.29) is 30.6 Å². The number of aromatic nitrogens is 3. The van der Waals surface area contributed by atoms with E-state index in [4.69, 9.17) is 0 Å². The average Bonchev–Trinajstić information content (AvgIpc) is 3.09. The van der Waals surface area contributed by atoms with E-state index in [1.165, 1.54) is 46.5 Å². The molecule has 3 rings (SSSR count). The molecule has 1 fully saturated rings. The summed E-state index contributed by atoms with van der Waals surface area (Å²) in [6.07, 6.45) is 2.82. The summed E-state index contributed by atoms with van der Waals surface area (Å²) in [5.74, 6) is -1.28. The molecule has 2 aromatic rings. The summed E-state index contributed by atoms with van der Waals surface area (Å²) in [5, 5.41) is 7.15. The van der Waals surface area contributed by atoms with E-state index in [0.717, 1.165) is 0 Å². The van der Waals surface area contributed by atoms with Crippen LogP contribution in [0.3, 0.4) is 0 Å². The maximum atomic E-state index is 12.9. The lowest BCUT2D eigenvalue weighted by Gasteiger charge is -2.16. The van der Waals surface area contributed by atoms with Crippen molar-refractivity contribution >= 4 is 17.5 Å². The quantitative estimate of drug-likeness (QED) is 0.894. The molecular weight excluding hydrogens is 277 g/mol. The Kier molecular flexibility index (Phi) is 3.35. The van der Waals surface area contributed by atoms with Gasteiger partial charge in [-0.15, -0.1) is 10.2 Å². The number of rotatable bonds is 3. The van der Waals surface area contributed by atoms with E-state index in [0.29, 0.717) is 5.69 Å². The van der Waals surface area contributed by atoms with Gasteiger partial charge in [0.2, 0.25) is 11.8 Å². The van der Waals surface area contributed by atoms with Crippen LogP contribution in [-0.4, -0.2) is 33.2 Å². The molecule has 2 amide bonds. The summed E-state index contributed by atoms with van der Waals surface area (Å²) in [4.78, 5) is 25.5. The smallest absolute Gasteiger partial charge is 0.244 e. The Morgan fingerprint density at radius 3 is 2.57 bits per heavy atom. The summed E-state index contributed by atoms with van der Waals surface area (Å²) in [5.41, 5.74) is 3.16. The van der Waals surface area contributed by atoms with Crippen LogP contribution in [0.2, 0.25) is 0 Å². The van der Waals surface area contributed by atoms with Crippen molar-refractivity contribution in [2.24, 2.45) is 5.92 Å². The van der Waals surface area contributed by atoms with Crippen molar-refractivity contribution in [1.82, 2.24) is 14.9 Å². The van der Waals surface area contributed by atoms with E-state index < -0.39 is 5.92 Å². The molecule has 1 aromatic heterocycles. The zero-order chi connectivity index (χ0) is 14.8. The van der Waals surface area contributed by atoms with Crippen LogP contribution in [0.1, 0.15) is 6.42 Å². The van der Waals surface area contributed by atoms with Crippen molar-refractivity contribution in [3.8, 4) is 0 Å². The lowest BCUT2D eigenvalue weighted by Crippen LogP contribution is -2.31. The van der Waals surface area contributed by atoms with Gasteiger partial charge in [0.25, 0.3) is 0 Å². The van der Waals surface area contributed by atoms with Gasteiger partial charge in [-0.1, -0.05) is 0 Å². The average molecular weight is 289 g/mol. The van der Waals surface area contributed by atoms with E-state index in [1.54, 1.807) is 0 Å². The number of nitrogens with one attached hydrogen (secondary N) is 1. The van der Waals surface area contributed by atoms with E-state index in [2.05, 4.69) is 15.6 Å². The highest BCUT2D eigenvalue weighted by atomic mass is 19.1. The number of carbonyl (C=O) groups is 2. The Labute approximate surface area is 119 Å². The van der Waals surface area contributed by atoms with Crippen LogP contribution in [0.15, 0.2) is 36.9 Å². The predicted octanol–water partition coefficient (Wildman–Crippen LogP) is 0.540. The van der Waals surface area contributed by atoms with Crippen LogP contribution in [-0.2, 0) is 9.59 Å². The van der Waals surface area contributed by atoms with Crippen molar-refractivity contribution in [1.29, 1.82) is 0 Å². The first kappa shape index (κ1) is 13.2. The minimum atomic E-state index is -0.468. The van der Waals surface area contributed by atoms with Crippen molar-refractivity contribution in [2.45, 2.75) is 6.42 Å². The molecule has 7 nitrogen and oxygen atoms in total. The largest absolute Gasteiger partial charge is 0.312 e. The number of hydrogen-bond donors (Lipinski definition) is 1. The Balaban J connectivity index is 1.69. The molecule has 1 aromatic carbocycles. The molecule has 8 heteroatoms. The summed E-state index contributed by atoms with van der Waals surface area (Å²) >= 11 is 0. The Morgan fingerprint density at radius 1 is 1.24 bits per heavy atom. The van der Waals surface area contributed by atoms with Crippen LogP contribution in [0, 0.1) is 11.7 Å². The third-order valence-electron chi connectivity index (χ3n) is 3.29. The van der Waals surface area contributed by atoms with Gasteiger partial charge in [-0.25, -0.2) is 9.07 Å². The number of hydrogen-bond acceptors (Lipinski definition) is 4. The van der Waals surface area contributed by atoms with Crippen molar-refractivity contribution < 1.29 is 14.0 Å². The maximum Gasteiger partial charge on any atom is 0.244 e. The first-order valence-corrected chi connectivity index (χ1v) is 6.35. The molecule has 1 N–H and O–H groups in total. The molecule has 108 valence electrons. The first-order valence-electron chi connectivity index (χ1n) is 6.35. The molecule has 0 spiro atoms. The highest BCUT2D eigenvalue weighted by Gasteiger charge is 2.35. The van der Waals surface area contributed by atoms with Gasteiger partial charge in [0.05, 0.1) is 5.92 Å². The minimum Gasteiger partial charge on any atom is -0.312 e. The molecule has 0 aliphatic carbocycles. The van der Waals surface area contributed by atoms with Crippen molar-refractivity contribution in [3.05, 3.63) is 42.7 Å². The third-order valence-corrected chi connectivity index (χ3v) is 3.29. The second-order valence-corrected chi connectivity index (χ2v) is 4.73. The van der Waals surface area contributed by atoms with E-state index in [1.807, 2.05) is 0 Å². The zero-order valence-corrected chi connectivity index (χ0v) is 10.9. The van der Waals surface area contributed by atoms with Crippen LogP contribution in [0.25, 0.3) is 0 Å². The standard InChI is InChI=1S/C13H12FN5O2/c14-10-1-3-11(4-2-10)19-6-9(5-12(19)20)13(21)17-18-7-15-16-8-18/h1-4,7-9H,5-6H2,(H,17,21)/t9-/m1/s1. The Hall–Kier alpha value is -2.77. The Morgan fingerprint density at radius 2 is 1.90 bits per heavy atom. The zero-order valence-electron chi connectivity index (χ0n) is 10.9. The summed E-state index contributed by atoms with van der Waals surface area (Å²) in [7, 11) is 0. The van der Waals surface area contributed by atoms with Gasteiger partial charge in [-0.2, -0.15) is 0 Å². The van der Waals surface area contributed by atoms with Gasteiger partial charge < -0.3 is 4.90 Å². The minimum absolute atomic E-state index is 0.116. The molecule has 1 aliphatic rings. The first-order chi connectivity index (χ1) is 10.1. The topological polar surface area (TPSA) is 80.1 Å². The summed E-state index contributed by atoms with van der Waals surface area (Å²) in [6, 6.07) is 5.61. The number of nitrogens with zero attached hydrogens (tertiary/aromatic N) is 4. The fourth-order valence-corrected chi connectivity index (χ4v) is 2.23. The molecule has 0 saturated carbocycles. The predicted molar refractivity (Wildman–Crippen MR) is 71.2 cm³/mol. The molecule has 2 heterocycles. The fourth-order valence-electron chi connectivity index (χ4n) is 2.23. The molecular formula is C13H12FN5O2. The van der Waals surface area contributed by atoms with Crippen LogP contribution >= 0.6 is 0 Å². The molecule has 21 heavy (non-hydrogen) atoms. The van der Waals surface area contributed by atoms with Gasteiger partial charge in [-0.3, -0.25) is 15.0 Å². The van der Waals surface area contributed by atoms with E-state index in [9.17, 15) is 14.0 Å². The Bertz CT molecular complexity index is 656. The SMILES string of the molecule is O=C(Nn1cnnc1)[C@@H]1CC(=O)N(c2ccc(F)cc2)C1. The second-order valence-electron chi connectivity index (χ2n) is 4.73. The number of carbonyl (C=O) groups excluding carboxylic acids is 2. The molecule has 0 unspecified atom stereocenters. The monoisotopic (exact) mass is 289 g/mol. The van der Waals surface area contributed by atoms with Crippen LogP contribution in [0.5, 0.6) is 0 Å². The highest BCUT2D eigenvalue weighted by molar-refractivity contribution is 6.01. The number of halogens is 1. The summed E-state index contributed by atoms with van der Waals surface area (Å²) < 4.78 is 14.2. The molecule has 1 saturated heterocycles. The molecule has 0 bridgehead atoms. The van der Waals surface area contributed by atoms with Crippen LogP contribution < -0.4 is 10.3 Å². The van der Waals surface area contributed by atoms with Gasteiger partial charge in [-0.05, 0) is 24.3 Å². The highest BCUT2D eigenvalue weighted by Crippen LogP contribution is 2.25. The van der Waals surface area contributed by atoms with E-state index >= 15 is 0 Å². The number of amides is 2. The van der Waals surface area contributed by atoms with Gasteiger partial charge >= 0.3 is 0 Å². The normalized spacial score (nSPS) is 18.0. The molecule has 1 atom stereocenters. The number of benzene rings is 1. The lowest BCUT2D eigenvalue weighted by molar-refractivity contribution is -0.123. The number of anilines is 1. The lowest BCUT2D eigenvalue weighted by atomic mass is 10.1. The van der Waals surface area contributed by atoms with Crippen LogP contribution in [0.4, 0.5) is 10.1 Å². The van der Waals surface area contributed by atoms with Gasteiger partial charge in [0, 0.05) is 18.7 Å². The maximum absolute atomic E-state index is 12.9. The second kappa shape index (κ2) is 5.31. The van der Waals surface area contributed by atoms with Gasteiger partial charge in [0.1, 0.15) is 18.5 Å². The van der Waals surface area contributed by atoms with Crippen molar-refractivity contribution in [3.63, 3.8) is 0 Å². The van der Waals surface area contributed by atoms with Gasteiger partial charge in [0.15, 0.2) is 0 Å². The molecule has 0 radical (unpaired) electrons. The summed E-state index contributed by atoms with van der Waals surface area (Å²) in [6.45, 7) is 0.262. The fraction of sp³-hybridized carbons (Fsp3) is 0.231. The van der Waals surface area contributed by atoms with Crippen molar-refractivity contribution in [2.75, 3.05) is 16.9 Å². The third kappa shape index (κ3) is 2.73. The molecule has 1 aliphatic heterocycles.